The number of unbranched alkanes of at least 4 members (excludes halogenated alkanes) is 1. The summed E-state index contributed by atoms with van der Waals surface area (Å²) >= 11 is 0. The van der Waals surface area contributed by atoms with Crippen molar-refractivity contribution < 1.29 is 0 Å². The van der Waals surface area contributed by atoms with E-state index in [1.54, 1.807) is 0 Å². The van der Waals surface area contributed by atoms with Gasteiger partial charge in [-0.2, -0.15) is 0 Å². The molecule has 0 saturated heterocycles. The first kappa shape index (κ1) is 11.5. The SMILES string of the molecule is CC(C)CCCC[Si]c1ccccc1. The Kier molecular flexibility index (Phi) is 5.61. The molecule has 0 amide bonds. The van der Waals surface area contributed by atoms with Crippen molar-refractivity contribution >= 4 is 14.7 Å². The summed E-state index contributed by atoms with van der Waals surface area (Å²) in [5, 5.41) is 1.51. The van der Waals surface area contributed by atoms with Crippen LogP contribution in [-0.4, -0.2) is 9.52 Å². The van der Waals surface area contributed by atoms with Gasteiger partial charge in [0.05, 0.1) is 9.52 Å². The van der Waals surface area contributed by atoms with Crippen molar-refractivity contribution in [1.82, 2.24) is 0 Å². The molecule has 1 rings (SSSR count). The van der Waals surface area contributed by atoms with Gasteiger partial charge in [-0.25, -0.2) is 0 Å². The second kappa shape index (κ2) is 6.83. The normalized spacial score (nSPS) is 10.8. The van der Waals surface area contributed by atoms with Gasteiger partial charge in [-0.05, 0) is 5.92 Å². The molecule has 2 radical (unpaired) electrons. The van der Waals surface area contributed by atoms with Crippen molar-refractivity contribution in [2.45, 2.75) is 39.2 Å². The maximum atomic E-state index is 2.31. The Hall–Kier alpha value is -0.563. The molecule has 76 valence electrons. The largest absolute Gasteiger partial charge is 0.0807 e. The van der Waals surface area contributed by atoms with Gasteiger partial charge in [-0.15, -0.1) is 0 Å². The van der Waals surface area contributed by atoms with Crippen LogP contribution in [0.5, 0.6) is 0 Å². The van der Waals surface area contributed by atoms with Gasteiger partial charge in [-0.1, -0.05) is 74.7 Å². The van der Waals surface area contributed by atoms with Gasteiger partial charge in [0.25, 0.3) is 0 Å². The van der Waals surface area contributed by atoms with Gasteiger partial charge >= 0.3 is 0 Å². The van der Waals surface area contributed by atoms with Crippen LogP contribution in [0.4, 0.5) is 0 Å². The summed E-state index contributed by atoms with van der Waals surface area (Å²) in [6.07, 6.45) is 4.18. The molecule has 1 aromatic carbocycles. The highest BCUT2D eigenvalue weighted by atomic mass is 28.2. The first-order chi connectivity index (χ1) is 6.79. The molecule has 0 aliphatic heterocycles. The van der Waals surface area contributed by atoms with Gasteiger partial charge in [-0.3, -0.25) is 0 Å². The molecule has 0 aromatic heterocycles. The summed E-state index contributed by atoms with van der Waals surface area (Å²) in [6, 6.07) is 12.2. The highest BCUT2D eigenvalue weighted by Crippen LogP contribution is 2.07. The summed E-state index contributed by atoms with van der Waals surface area (Å²) in [6.45, 7) is 4.61. The van der Waals surface area contributed by atoms with E-state index < -0.39 is 0 Å². The molecule has 14 heavy (non-hydrogen) atoms. The van der Waals surface area contributed by atoms with Crippen LogP contribution in [0.3, 0.4) is 0 Å². The minimum atomic E-state index is 0.870. The Bertz CT molecular complexity index is 228. The fraction of sp³-hybridized carbons (Fsp3) is 0.538. The molecule has 0 bridgehead atoms. The number of benzene rings is 1. The summed E-state index contributed by atoms with van der Waals surface area (Å²) in [5.74, 6) is 0.870. The molecule has 0 spiro atoms. The second-order valence-corrected chi connectivity index (χ2v) is 5.61. The van der Waals surface area contributed by atoms with Crippen LogP contribution in [0, 0.1) is 5.92 Å². The Labute approximate surface area is 90.6 Å². The molecule has 0 fully saturated rings. The van der Waals surface area contributed by atoms with Crippen molar-refractivity contribution in [3.8, 4) is 0 Å². The standard InChI is InChI=1S/C13H20Si/c1-12(2)8-6-7-11-14-13-9-4-3-5-10-13/h3-5,9-10,12H,6-8,11H2,1-2H3. The van der Waals surface area contributed by atoms with E-state index in [0.29, 0.717) is 0 Å². The average molecular weight is 204 g/mol. The Morgan fingerprint density at radius 1 is 1.07 bits per heavy atom. The van der Waals surface area contributed by atoms with Gasteiger partial charge < -0.3 is 0 Å². The molecular weight excluding hydrogens is 184 g/mol. The minimum Gasteiger partial charge on any atom is -0.0642 e. The topological polar surface area (TPSA) is 0 Å². The Morgan fingerprint density at radius 3 is 2.43 bits per heavy atom. The molecule has 1 aromatic rings. The molecule has 0 N–H and O–H groups in total. The molecule has 0 aliphatic rings. The van der Waals surface area contributed by atoms with Crippen LogP contribution in [0.25, 0.3) is 0 Å². The van der Waals surface area contributed by atoms with Crippen LogP contribution in [-0.2, 0) is 0 Å². The summed E-state index contributed by atoms with van der Waals surface area (Å²) in [5.41, 5.74) is 0. The number of rotatable bonds is 6. The molecule has 0 heterocycles. The van der Waals surface area contributed by atoms with Gasteiger partial charge in [0, 0.05) is 0 Å². The highest BCUT2D eigenvalue weighted by Gasteiger charge is 1.96. The highest BCUT2D eigenvalue weighted by molar-refractivity contribution is 6.53. The van der Waals surface area contributed by atoms with Gasteiger partial charge in [0.15, 0.2) is 0 Å². The van der Waals surface area contributed by atoms with E-state index in [9.17, 15) is 0 Å². The zero-order valence-corrected chi connectivity index (χ0v) is 10.3. The van der Waals surface area contributed by atoms with E-state index >= 15 is 0 Å². The fourth-order valence-corrected chi connectivity index (χ4v) is 2.61. The summed E-state index contributed by atoms with van der Waals surface area (Å²) < 4.78 is 0. The minimum absolute atomic E-state index is 0.870. The number of hydrogen-bond acceptors (Lipinski definition) is 0. The van der Waals surface area contributed by atoms with Crippen LogP contribution in [0.2, 0.25) is 6.04 Å². The van der Waals surface area contributed by atoms with Crippen LogP contribution in [0.1, 0.15) is 33.1 Å². The summed E-state index contributed by atoms with van der Waals surface area (Å²) in [4.78, 5) is 0. The smallest absolute Gasteiger partial charge is 0.0642 e. The molecule has 0 saturated carbocycles. The van der Waals surface area contributed by atoms with E-state index in [2.05, 4.69) is 44.2 Å². The first-order valence-electron chi connectivity index (χ1n) is 5.58. The van der Waals surface area contributed by atoms with E-state index in [0.717, 1.165) is 15.4 Å². The van der Waals surface area contributed by atoms with Crippen LogP contribution < -0.4 is 5.19 Å². The quantitative estimate of drug-likeness (QED) is 0.493. The molecule has 0 aliphatic carbocycles. The lowest BCUT2D eigenvalue weighted by Gasteiger charge is -2.03. The maximum Gasteiger partial charge on any atom is 0.0807 e. The lowest BCUT2D eigenvalue weighted by molar-refractivity contribution is 0.549. The van der Waals surface area contributed by atoms with Crippen LogP contribution in [0.15, 0.2) is 30.3 Å². The van der Waals surface area contributed by atoms with Gasteiger partial charge in [0.2, 0.25) is 0 Å². The van der Waals surface area contributed by atoms with E-state index in [-0.39, 0.29) is 0 Å². The fourth-order valence-electron chi connectivity index (χ4n) is 1.47. The van der Waals surface area contributed by atoms with Crippen molar-refractivity contribution in [2.24, 2.45) is 5.92 Å². The van der Waals surface area contributed by atoms with E-state index in [1.807, 2.05) is 0 Å². The lowest BCUT2D eigenvalue weighted by Crippen LogP contribution is -2.12. The van der Waals surface area contributed by atoms with E-state index in [4.69, 9.17) is 0 Å². The number of hydrogen-bond donors (Lipinski definition) is 0. The molecular formula is C13H20Si. The van der Waals surface area contributed by atoms with Gasteiger partial charge in [0.1, 0.15) is 0 Å². The predicted molar refractivity (Wildman–Crippen MR) is 65.3 cm³/mol. The molecule has 0 unspecified atom stereocenters. The van der Waals surface area contributed by atoms with E-state index in [1.165, 1.54) is 30.5 Å². The molecule has 0 nitrogen and oxygen atoms in total. The lowest BCUT2D eigenvalue weighted by atomic mass is 10.1. The van der Waals surface area contributed by atoms with Crippen molar-refractivity contribution in [3.05, 3.63) is 30.3 Å². The first-order valence-corrected chi connectivity index (χ1v) is 6.78. The average Bonchev–Trinajstić information content (AvgIpc) is 2.18. The van der Waals surface area contributed by atoms with Crippen LogP contribution >= 0.6 is 0 Å². The van der Waals surface area contributed by atoms with Crippen molar-refractivity contribution in [1.29, 1.82) is 0 Å². The summed E-state index contributed by atoms with van der Waals surface area (Å²) in [7, 11) is 1.01. The van der Waals surface area contributed by atoms with Crippen molar-refractivity contribution in [2.75, 3.05) is 0 Å². The maximum absolute atomic E-state index is 2.31. The zero-order chi connectivity index (χ0) is 10.2. The zero-order valence-electron chi connectivity index (χ0n) is 9.29. The second-order valence-electron chi connectivity index (χ2n) is 4.18. The molecule has 1 heteroatoms. The predicted octanol–water partition coefficient (Wildman–Crippen LogP) is 3.26. The third-order valence-electron chi connectivity index (χ3n) is 2.31. The Balaban J connectivity index is 2.05. The molecule has 0 atom stereocenters. The van der Waals surface area contributed by atoms with Crippen molar-refractivity contribution in [3.63, 3.8) is 0 Å². The monoisotopic (exact) mass is 204 g/mol. The third-order valence-corrected chi connectivity index (χ3v) is 3.66. The Morgan fingerprint density at radius 2 is 1.79 bits per heavy atom. The third kappa shape index (κ3) is 5.23.